The van der Waals surface area contributed by atoms with Gasteiger partial charge in [-0.1, -0.05) is 49.8 Å². The standard InChI is InChI=1S/C13H18/c1-5-12-8-6-7-9-13(12)11(4)10(2)3/h5-10H,1-4H3/b12-5-,13-11+. The third-order valence-corrected chi connectivity index (χ3v) is 2.56. The number of hydrogen-bond donors (Lipinski definition) is 0. The lowest BCUT2D eigenvalue weighted by atomic mass is 10.0. The van der Waals surface area contributed by atoms with Crippen LogP contribution in [0.1, 0.15) is 27.7 Å². The smallest absolute Gasteiger partial charge is 0.0196 e. The van der Waals surface area contributed by atoms with Gasteiger partial charge >= 0.3 is 0 Å². The molecule has 0 aliphatic heterocycles. The third kappa shape index (κ3) is 2.21. The molecule has 0 heteroatoms. The molecule has 0 spiro atoms. The van der Waals surface area contributed by atoms with Crippen molar-refractivity contribution >= 4 is 11.6 Å². The Bertz CT molecular complexity index is 383. The fourth-order valence-corrected chi connectivity index (χ4v) is 1.42. The molecule has 0 unspecified atom stereocenters. The first kappa shape index (κ1) is 10.0. The SMILES string of the molecule is C/C=c1/cccc/c1=C(/C)C(C)C. The van der Waals surface area contributed by atoms with Crippen LogP contribution in [0.3, 0.4) is 0 Å². The summed E-state index contributed by atoms with van der Waals surface area (Å²) in [6.07, 6.45) is 2.17. The first-order valence-corrected chi connectivity index (χ1v) is 4.89. The molecule has 1 rings (SSSR count). The predicted octanol–water partition coefficient (Wildman–Crippen LogP) is 2.31. The lowest BCUT2D eigenvalue weighted by Crippen LogP contribution is -2.26. The zero-order valence-electron chi connectivity index (χ0n) is 8.96. The highest BCUT2D eigenvalue weighted by molar-refractivity contribution is 5.45. The Morgan fingerprint density at radius 2 is 1.85 bits per heavy atom. The molecule has 0 aliphatic carbocycles. The lowest BCUT2D eigenvalue weighted by molar-refractivity contribution is 0.840. The average molecular weight is 174 g/mol. The zero-order chi connectivity index (χ0) is 9.84. The molecule has 0 saturated heterocycles. The molecule has 0 aromatic heterocycles. The molecule has 0 saturated carbocycles. The highest BCUT2D eigenvalue weighted by Crippen LogP contribution is 2.05. The third-order valence-electron chi connectivity index (χ3n) is 2.56. The van der Waals surface area contributed by atoms with Gasteiger partial charge in [0, 0.05) is 0 Å². The summed E-state index contributed by atoms with van der Waals surface area (Å²) in [6.45, 7) is 8.78. The van der Waals surface area contributed by atoms with E-state index in [1.165, 1.54) is 16.0 Å². The lowest BCUT2D eigenvalue weighted by Gasteiger charge is -2.04. The normalized spacial score (nSPS) is 15.0. The maximum Gasteiger partial charge on any atom is -0.0196 e. The van der Waals surface area contributed by atoms with E-state index in [9.17, 15) is 0 Å². The molecule has 0 aliphatic rings. The van der Waals surface area contributed by atoms with Crippen LogP contribution in [-0.2, 0) is 0 Å². The zero-order valence-corrected chi connectivity index (χ0v) is 8.96. The molecule has 0 fully saturated rings. The van der Waals surface area contributed by atoms with E-state index < -0.39 is 0 Å². The highest BCUT2D eigenvalue weighted by Gasteiger charge is 1.97. The van der Waals surface area contributed by atoms with Crippen LogP contribution in [0.2, 0.25) is 0 Å². The molecule has 1 aromatic rings. The minimum atomic E-state index is 0.626. The van der Waals surface area contributed by atoms with E-state index in [0.29, 0.717) is 5.92 Å². The van der Waals surface area contributed by atoms with E-state index in [1.54, 1.807) is 0 Å². The van der Waals surface area contributed by atoms with E-state index in [1.807, 2.05) is 0 Å². The van der Waals surface area contributed by atoms with Crippen molar-refractivity contribution in [3.8, 4) is 0 Å². The molecule has 70 valence electrons. The van der Waals surface area contributed by atoms with Crippen LogP contribution in [0.4, 0.5) is 0 Å². The summed E-state index contributed by atoms with van der Waals surface area (Å²) in [4.78, 5) is 0. The Morgan fingerprint density at radius 1 is 1.23 bits per heavy atom. The molecule has 1 aromatic carbocycles. The average Bonchev–Trinajstić information content (AvgIpc) is 2.16. The van der Waals surface area contributed by atoms with Crippen molar-refractivity contribution in [1.29, 1.82) is 0 Å². The van der Waals surface area contributed by atoms with Gasteiger partial charge in [-0.05, 0) is 30.2 Å². The largest absolute Gasteiger partial charge is 0.0798 e. The summed E-state index contributed by atoms with van der Waals surface area (Å²) in [5.74, 6) is 0.626. The van der Waals surface area contributed by atoms with Gasteiger partial charge in [0.2, 0.25) is 0 Å². The van der Waals surface area contributed by atoms with Crippen molar-refractivity contribution in [1.82, 2.24) is 0 Å². The van der Waals surface area contributed by atoms with Crippen molar-refractivity contribution in [2.24, 2.45) is 5.92 Å². The summed E-state index contributed by atoms with van der Waals surface area (Å²) < 4.78 is 0. The predicted molar refractivity (Wildman–Crippen MR) is 59.8 cm³/mol. The van der Waals surface area contributed by atoms with Crippen LogP contribution >= 0.6 is 0 Å². The van der Waals surface area contributed by atoms with Crippen LogP contribution in [0.15, 0.2) is 24.3 Å². The summed E-state index contributed by atoms with van der Waals surface area (Å²) in [7, 11) is 0. The highest BCUT2D eigenvalue weighted by atomic mass is 14.0. The topological polar surface area (TPSA) is 0 Å². The van der Waals surface area contributed by atoms with Crippen molar-refractivity contribution < 1.29 is 0 Å². The Morgan fingerprint density at radius 3 is 2.38 bits per heavy atom. The molecule has 13 heavy (non-hydrogen) atoms. The van der Waals surface area contributed by atoms with Crippen LogP contribution < -0.4 is 10.4 Å². The van der Waals surface area contributed by atoms with Crippen molar-refractivity contribution in [2.75, 3.05) is 0 Å². The van der Waals surface area contributed by atoms with E-state index in [0.717, 1.165) is 0 Å². The fourth-order valence-electron chi connectivity index (χ4n) is 1.42. The quantitative estimate of drug-likeness (QED) is 0.613. The molecule has 0 bridgehead atoms. The van der Waals surface area contributed by atoms with Gasteiger partial charge in [-0.25, -0.2) is 0 Å². The Labute approximate surface area is 80.6 Å². The van der Waals surface area contributed by atoms with E-state index in [-0.39, 0.29) is 0 Å². The van der Waals surface area contributed by atoms with Gasteiger partial charge in [0.1, 0.15) is 0 Å². The monoisotopic (exact) mass is 174 g/mol. The second-order valence-electron chi connectivity index (χ2n) is 3.71. The van der Waals surface area contributed by atoms with Crippen molar-refractivity contribution in [3.05, 3.63) is 34.7 Å². The minimum absolute atomic E-state index is 0.626. The maximum atomic E-state index is 2.24. The molecule has 0 heterocycles. The summed E-state index contributed by atoms with van der Waals surface area (Å²) in [5.41, 5.74) is 1.47. The van der Waals surface area contributed by atoms with Crippen LogP contribution in [0.5, 0.6) is 0 Å². The van der Waals surface area contributed by atoms with Gasteiger partial charge < -0.3 is 0 Å². The van der Waals surface area contributed by atoms with Gasteiger partial charge in [-0.2, -0.15) is 0 Å². The van der Waals surface area contributed by atoms with Crippen LogP contribution in [0.25, 0.3) is 11.6 Å². The summed E-state index contributed by atoms with van der Waals surface area (Å²) in [6, 6.07) is 8.56. The van der Waals surface area contributed by atoms with Gasteiger partial charge in [-0.3, -0.25) is 0 Å². The number of benzene rings is 1. The van der Waals surface area contributed by atoms with E-state index in [4.69, 9.17) is 0 Å². The molecule has 0 radical (unpaired) electrons. The molecule has 0 amide bonds. The number of rotatable bonds is 1. The Balaban J connectivity index is 3.54. The minimum Gasteiger partial charge on any atom is -0.0798 e. The molecule has 0 N–H and O–H groups in total. The van der Waals surface area contributed by atoms with Crippen LogP contribution in [-0.4, -0.2) is 0 Å². The Kier molecular flexibility index (Phi) is 3.30. The van der Waals surface area contributed by atoms with Gasteiger partial charge in [0.05, 0.1) is 0 Å². The molecule has 0 atom stereocenters. The first-order chi connectivity index (χ1) is 6.16. The number of hydrogen-bond acceptors (Lipinski definition) is 0. The van der Waals surface area contributed by atoms with Crippen LogP contribution in [0, 0.1) is 5.92 Å². The van der Waals surface area contributed by atoms with Gasteiger partial charge in [-0.15, -0.1) is 0 Å². The first-order valence-electron chi connectivity index (χ1n) is 4.89. The van der Waals surface area contributed by atoms with Gasteiger partial charge in [0.25, 0.3) is 0 Å². The summed E-state index contributed by atoms with van der Waals surface area (Å²) in [5, 5.41) is 2.73. The second-order valence-corrected chi connectivity index (χ2v) is 3.71. The maximum absolute atomic E-state index is 2.24. The Hall–Kier alpha value is -1.04. The fraction of sp³-hybridized carbons (Fsp3) is 0.385. The van der Waals surface area contributed by atoms with E-state index in [2.05, 4.69) is 58.0 Å². The molecule has 0 nitrogen and oxygen atoms in total. The molecular weight excluding hydrogens is 156 g/mol. The second kappa shape index (κ2) is 4.27. The van der Waals surface area contributed by atoms with Crippen molar-refractivity contribution in [2.45, 2.75) is 27.7 Å². The van der Waals surface area contributed by atoms with E-state index >= 15 is 0 Å². The van der Waals surface area contributed by atoms with Gasteiger partial charge in [0.15, 0.2) is 0 Å². The summed E-state index contributed by atoms with van der Waals surface area (Å²) >= 11 is 0. The van der Waals surface area contributed by atoms with Crippen molar-refractivity contribution in [3.63, 3.8) is 0 Å². The molecular formula is C13H18.